The summed E-state index contributed by atoms with van der Waals surface area (Å²) in [6, 6.07) is 15.6. The first kappa shape index (κ1) is 12.7. The Morgan fingerprint density at radius 1 is 1.00 bits per heavy atom. The molecule has 0 aliphatic heterocycles. The molecule has 1 aromatic heterocycles. The molecule has 0 spiro atoms. The Labute approximate surface area is 118 Å². The predicted molar refractivity (Wildman–Crippen MR) is 80.2 cm³/mol. The third-order valence-electron chi connectivity index (χ3n) is 3.68. The number of furan rings is 1. The normalized spacial score (nSPS) is 10.9. The van der Waals surface area contributed by atoms with E-state index in [9.17, 15) is 4.79 Å². The Morgan fingerprint density at radius 3 is 2.40 bits per heavy atom. The highest BCUT2D eigenvalue weighted by Gasteiger charge is 2.15. The van der Waals surface area contributed by atoms with E-state index in [4.69, 9.17) is 4.42 Å². The molecule has 1 heterocycles. The van der Waals surface area contributed by atoms with Crippen LogP contribution in [-0.4, -0.2) is 5.78 Å². The molecular weight excluding hydrogens is 248 g/mol. The van der Waals surface area contributed by atoms with Gasteiger partial charge in [0.15, 0.2) is 5.76 Å². The Hall–Kier alpha value is -2.35. The second-order valence-corrected chi connectivity index (χ2v) is 5.12. The molecule has 3 aromatic rings. The first-order chi connectivity index (χ1) is 9.65. The molecule has 0 fully saturated rings. The lowest BCUT2D eigenvalue weighted by Crippen LogP contribution is -2.05. The van der Waals surface area contributed by atoms with Gasteiger partial charge < -0.3 is 4.42 Å². The number of para-hydroxylation sites is 1. The number of hydrogen-bond acceptors (Lipinski definition) is 2. The quantitative estimate of drug-likeness (QED) is 0.653. The minimum Gasteiger partial charge on any atom is -0.453 e. The maximum atomic E-state index is 12.4. The topological polar surface area (TPSA) is 30.2 Å². The summed E-state index contributed by atoms with van der Waals surface area (Å²) in [5.41, 5.74) is 4.15. The first-order valence-electron chi connectivity index (χ1n) is 6.72. The van der Waals surface area contributed by atoms with E-state index in [1.165, 1.54) is 0 Å². The van der Waals surface area contributed by atoms with Crippen LogP contribution in [0.1, 0.15) is 27.2 Å². The van der Waals surface area contributed by atoms with E-state index in [2.05, 4.69) is 0 Å². The second-order valence-electron chi connectivity index (χ2n) is 5.12. The lowest BCUT2D eigenvalue weighted by atomic mass is 9.97. The number of benzene rings is 2. The average Bonchev–Trinajstić information content (AvgIpc) is 2.87. The van der Waals surface area contributed by atoms with Gasteiger partial charge in [-0.15, -0.1) is 0 Å². The van der Waals surface area contributed by atoms with E-state index in [1.807, 2.05) is 62.4 Å². The van der Waals surface area contributed by atoms with E-state index in [-0.39, 0.29) is 5.78 Å². The minimum atomic E-state index is 0.0265. The Bertz CT molecular complexity index is 728. The van der Waals surface area contributed by atoms with Crippen LogP contribution in [0.25, 0.3) is 11.0 Å². The van der Waals surface area contributed by atoms with Crippen molar-refractivity contribution in [3.8, 4) is 0 Å². The Balaban J connectivity index is 1.93. The second kappa shape index (κ2) is 4.97. The molecule has 0 aliphatic carbocycles. The Morgan fingerprint density at radius 2 is 1.70 bits per heavy atom. The molecule has 0 amide bonds. The van der Waals surface area contributed by atoms with Crippen LogP contribution < -0.4 is 0 Å². The summed E-state index contributed by atoms with van der Waals surface area (Å²) in [6.07, 6.45) is 0.387. The van der Waals surface area contributed by atoms with Gasteiger partial charge in [-0.25, -0.2) is 0 Å². The van der Waals surface area contributed by atoms with Gasteiger partial charge in [0.05, 0.1) is 0 Å². The molecule has 0 aliphatic rings. The number of rotatable bonds is 3. The monoisotopic (exact) mass is 264 g/mol. The highest BCUT2D eigenvalue weighted by atomic mass is 16.3. The molecular formula is C18H16O2. The van der Waals surface area contributed by atoms with Gasteiger partial charge in [-0.3, -0.25) is 4.79 Å². The number of carbonyl (C=O) groups is 1. The van der Waals surface area contributed by atoms with Crippen LogP contribution in [0.3, 0.4) is 0 Å². The average molecular weight is 264 g/mol. The van der Waals surface area contributed by atoms with Crippen molar-refractivity contribution in [2.45, 2.75) is 20.3 Å². The lowest BCUT2D eigenvalue weighted by Gasteiger charge is -2.07. The number of ketones is 1. The summed E-state index contributed by atoms with van der Waals surface area (Å²) in [5, 5.41) is 0.970. The molecule has 0 saturated carbocycles. The molecule has 0 atom stereocenters. The summed E-state index contributed by atoms with van der Waals surface area (Å²) in [6.45, 7) is 4.07. The summed E-state index contributed by atoms with van der Waals surface area (Å²) in [7, 11) is 0. The van der Waals surface area contributed by atoms with Crippen LogP contribution in [0.2, 0.25) is 0 Å². The highest BCUT2D eigenvalue weighted by molar-refractivity contribution is 5.99. The van der Waals surface area contributed by atoms with Crippen molar-refractivity contribution in [1.82, 2.24) is 0 Å². The van der Waals surface area contributed by atoms with Crippen LogP contribution in [0.4, 0.5) is 0 Å². The van der Waals surface area contributed by atoms with E-state index >= 15 is 0 Å². The van der Waals surface area contributed by atoms with E-state index in [0.29, 0.717) is 12.2 Å². The first-order valence-corrected chi connectivity index (χ1v) is 6.72. The third kappa shape index (κ3) is 2.25. The maximum absolute atomic E-state index is 12.4. The fraction of sp³-hybridized carbons (Fsp3) is 0.167. The Kier molecular flexibility index (Phi) is 3.15. The minimum absolute atomic E-state index is 0.0265. The number of Topliss-reactive ketones (excluding diaryl/α,β-unsaturated/α-hetero) is 1. The van der Waals surface area contributed by atoms with Gasteiger partial charge in [0.1, 0.15) is 5.58 Å². The van der Waals surface area contributed by atoms with Crippen LogP contribution in [-0.2, 0) is 6.42 Å². The van der Waals surface area contributed by atoms with Crippen molar-refractivity contribution in [3.05, 3.63) is 71.0 Å². The van der Waals surface area contributed by atoms with E-state index in [0.717, 1.165) is 27.7 Å². The number of carbonyl (C=O) groups excluding carboxylic acids is 1. The van der Waals surface area contributed by atoms with Gasteiger partial charge in [-0.1, -0.05) is 36.4 Å². The zero-order valence-corrected chi connectivity index (χ0v) is 11.6. The zero-order chi connectivity index (χ0) is 14.1. The van der Waals surface area contributed by atoms with Crippen LogP contribution in [0.5, 0.6) is 0 Å². The van der Waals surface area contributed by atoms with Gasteiger partial charge in [-0.2, -0.15) is 0 Å². The van der Waals surface area contributed by atoms with Crippen molar-refractivity contribution in [2.75, 3.05) is 0 Å². The fourth-order valence-corrected chi connectivity index (χ4v) is 2.49. The van der Waals surface area contributed by atoms with Crippen molar-refractivity contribution in [2.24, 2.45) is 0 Å². The SMILES string of the molecule is Cc1cccc(C)c1CC(=O)c1cc2ccccc2o1. The smallest absolute Gasteiger partial charge is 0.202 e. The van der Waals surface area contributed by atoms with Crippen LogP contribution >= 0.6 is 0 Å². The molecule has 2 nitrogen and oxygen atoms in total. The van der Waals surface area contributed by atoms with Gasteiger partial charge in [0.25, 0.3) is 0 Å². The molecule has 100 valence electrons. The lowest BCUT2D eigenvalue weighted by molar-refractivity contribution is 0.0968. The van der Waals surface area contributed by atoms with Gasteiger partial charge >= 0.3 is 0 Å². The molecule has 2 heteroatoms. The summed E-state index contributed by atoms with van der Waals surface area (Å²) < 4.78 is 5.63. The summed E-state index contributed by atoms with van der Waals surface area (Å²) in [5.74, 6) is 0.465. The van der Waals surface area contributed by atoms with Crippen molar-refractivity contribution >= 4 is 16.8 Å². The van der Waals surface area contributed by atoms with Crippen molar-refractivity contribution in [3.63, 3.8) is 0 Å². The molecule has 0 saturated heterocycles. The van der Waals surface area contributed by atoms with Crippen LogP contribution in [0, 0.1) is 13.8 Å². The third-order valence-corrected chi connectivity index (χ3v) is 3.68. The number of aryl methyl sites for hydroxylation is 2. The van der Waals surface area contributed by atoms with Crippen molar-refractivity contribution in [1.29, 1.82) is 0 Å². The van der Waals surface area contributed by atoms with Crippen LogP contribution in [0.15, 0.2) is 52.9 Å². The highest BCUT2D eigenvalue weighted by Crippen LogP contribution is 2.22. The summed E-state index contributed by atoms with van der Waals surface area (Å²) in [4.78, 5) is 12.4. The molecule has 20 heavy (non-hydrogen) atoms. The fourth-order valence-electron chi connectivity index (χ4n) is 2.49. The molecule has 0 unspecified atom stereocenters. The van der Waals surface area contributed by atoms with Gasteiger partial charge in [0.2, 0.25) is 5.78 Å². The predicted octanol–water partition coefficient (Wildman–Crippen LogP) is 4.48. The number of hydrogen-bond donors (Lipinski definition) is 0. The van der Waals surface area contributed by atoms with Crippen molar-refractivity contribution < 1.29 is 9.21 Å². The van der Waals surface area contributed by atoms with Gasteiger partial charge in [-0.05, 0) is 42.7 Å². The molecule has 3 rings (SSSR count). The number of fused-ring (bicyclic) bond motifs is 1. The maximum Gasteiger partial charge on any atom is 0.202 e. The van der Waals surface area contributed by atoms with E-state index in [1.54, 1.807) is 0 Å². The van der Waals surface area contributed by atoms with Gasteiger partial charge in [0, 0.05) is 11.8 Å². The molecule has 0 N–H and O–H groups in total. The van der Waals surface area contributed by atoms with E-state index < -0.39 is 0 Å². The summed E-state index contributed by atoms with van der Waals surface area (Å²) >= 11 is 0. The molecule has 2 aromatic carbocycles. The standard InChI is InChI=1S/C18H16O2/c1-12-6-5-7-13(2)15(12)11-16(19)18-10-14-8-3-4-9-17(14)20-18/h3-10H,11H2,1-2H3. The largest absolute Gasteiger partial charge is 0.453 e. The molecule has 0 bridgehead atoms. The zero-order valence-electron chi connectivity index (χ0n) is 11.6. The molecule has 0 radical (unpaired) electrons.